The molecule has 1 aromatic rings. The molecule has 0 radical (unpaired) electrons. The average molecular weight is 248 g/mol. The molecule has 1 unspecified atom stereocenters. The Morgan fingerprint density at radius 3 is 2.65 bits per heavy atom. The summed E-state index contributed by atoms with van der Waals surface area (Å²) in [5, 5.41) is 0.314. The minimum Gasteiger partial charge on any atom is -0.380 e. The average Bonchev–Trinajstić information content (AvgIpc) is 2.37. The molecule has 1 atom stereocenters. The monoisotopic (exact) mass is 248 g/mol. The molecule has 1 fully saturated rings. The zero-order valence-electron chi connectivity index (χ0n) is 11.0. The van der Waals surface area contributed by atoms with E-state index < -0.39 is 0 Å². The van der Waals surface area contributed by atoms with Crippen LogP contribution in [0.15, 0.2) is 30.3 Å². The van der Waals surface area contributed by atoms with Gasteiger partial charge in [-0.05, 0) is 44.1 Å². The summed E-state index contributed by atoms with van der Waals surface area (Å²) in [4.78, 5) is 0. The van der Waals surface area contributed by atoms with E-state index in [2.05, 4.69) is 30.3 Å². The minimum atomic E-state index is 0.314. The molecular formula is C15H24OSi. The fraction of sp³-hybridized carbons (Fsp3) is 0.600. The van der Waals surface area contributed by atoms with Crippen molar-refractivity contribution in [1.82, 2.24) is 0 Å². The molecule has 17 heavy (non-hydrogen) atoms. The third kappa shape index (κ3) is 4.28. The van der Waals surface area contributed by atoms with Crippen LogP contribution in [0.3, 0.4) is 0 Å². The molecule has 0 bridgehead atoms. The van der Waals surface area contributed by atoms with Gasteiger partial charge in [0, 0.05) is 22.1 Å². The van der Waals surface area contributed by atoms with Crippen molar-refractivity contribution in [3.05, 3.63) is 35.9 Å². The smallest absolute Gasteiger partial charge is 0.0486 e. The maximum Gasteiger partial charge on any atom is 0.0486 e. The number of hydrogen-bond acceptors (Lipinski definition) is 1. The van der Waals surface area contributed by atoms with Gasteiger partial charge in [-0.2, -0.15) is 0 Å². The molecule has 0 amide bonds. The number of unbranched alkanes of at least 4 members (excludes halogenated alkanes) is 1. The first-order valence-electron chi connectivity index (χ1n) is 6.96. The van der Waals surface area contributed by atoms with E-state index in [0.717, 1.165) is 6.61 Å². The van der Waals surface area contributed by atoms with Gasteiger partial charge in [0.25, 0.3) is 0 Å². The van der Waals surface area contributed by atoms with Crippen molar-refractivity contribution in [2.75, 3.05) is 6.61 Å². The number of benzene rings is 1. The van der Waals surface area contributed by atoms with Crippen LogP contribution in [-0.4, -0.2) is 22.1 Å². The van der Waals surface area contributed by atoms with Crippen LogP contribution in [0.2, 0.25) is 0 Å². The zero-order chi connectivity index (χ0) is 12.0. The van der Waals surface area contributed by atoms with Crippen LogP contribution in [0.5, 0.6) is 0 Å². The maximum absolute atomic E-state index is 5.98. The summed E-state index contributed by atoms with van der Waals surface area (Å²) in [6.45, 7) is 1.00. The summed E-state index contributed by atoms with van der Waals surface area (Å²) in [5.41, 5.74) is 1.47. The van der Waals surface area contributed by atoms with Gasteiger partial charge < -0.3 is 4.74 Å². The Labute approximate surface area is 108 Å². The normalized spacial score (nSPS) is 24.9. The lowest BCUT2D eigenvalue weighted by atomic mass is 10.0. The second-order valence-corrected chi connectivity index (χ2v) is 7.27. The van der Waals surface area contributed by atoms with Crippen LogP contribution >= 0.6 is 0 Å². The van der Waals surface area contributed by atoms with Gasteiger partial charge in [0.15, 0.2) is 0 Å². The lowest BCUT2D eigenvalue weighted by Gasteiger charge is -2.34. The lowest BCUT2D eigenvalue weighted by Crippen LogP contribution is -2.36. The van der Waals surface area contributed by atoms with E-state index in [0.29, 0.717) is 5.22 Å². The molecule has 1 aliphatic rings. The zero-order valence-corrected chi connectivity index (χ0v) is 13.0. The highest BCUT2D eigenvalue weighted by Crippen LogP contribution is 2.27. The largest absolute Gasteiger partial charge is 0.380 e. The third-order valence-electron chi connectivity index (χ3n) is 3.81. The SMILES string of the molecule is [SiH3]C1(CCCCc2ccccc2)CCCCO1. The topological polar surface area (TPSA) is 9.23 Å². The van der Waals surface area contributed by atoms with Crippen molar-refractivity contribution in [1.29, 1.82) is 0 Å². The van der Waals surface area contributed by atoms with Crippen molar-refractivity contribution in [2.24, 2.45) is 0 Å². The molecule has 0 saturated carbocycles. The van der Waals surface area contributed by atoms with E-state index in [1.54, 1.807) is 0 Å². The van der Waals surface area contributed by atoms with Crippen molar-refractivity contribution in [3.8, 4) is 0 Å². The van der Waals surface area contributed by atoms with Crippen molar-refractivity contribution in [2.45, 2.75) is 50.2 Å². The van der Waals surface area contributed by atoms with Crippen molar-refractivity contribution >= 4 is 10.2 Å². The van der Waals surface area contributed by atoms with Gasteiger partial charge in [-0.3, -0.25) is 0 Å². The van der Waals surface area contributed by atoms with E-state index >= 15 is 0 Å². The fourth-order valence-corrected chi connectivity index (χ4v) is 3.57. The van der Waals surface area contributed by atoms with Gasteiger partial charge in [-0.1, -0.05) is 36.8 Å². The predicted octanol–water partition coefficient (Wildman–Crippen LogP) is 2.66. The van der Waals surface area contributed by atoms with Gasteiger partial charge in [0.2, 0.25) is 0 Å². The Hall–Kier alpha value is -0.603. The van der Waals surface area contributed by atoms with E-state index in [-0.39, 0.29) is 0 Å². The molecule has 94 valence electrons. The molecule has 0 N–H and O–H groups in total. The molecule has 1 aromatic carbocycles. The first-order chi connectivity index (χ1) is 8.29. The first-order valence-corrected chi connectivity index (χ1v) is 7.96. The third-order valence-corrected chi connectivity index (χ3v) is 5.10. The molecule has 2 heteroatoms. The molecular weight excluding hydrogens is 224 g/mol. The lowest BCUT2D eigenvalue weighted by molar-refractivity contribution is -0.0239. The fourth-order valence-electron chi connectivity index (χ4n) is 2.66. The molecule has 1 saturated heterocycles. The predicted molar refractivity (Wildman–Crippen MR) is 76.5 cm³/mol. The Morgan fingerprint density at radius 1 is 1.12 bits per heavy atom. The molecule has 0 spiro atoms. The van der Waals surface area contributed by atoms with Crippen LogP contribution in [-0.2, 0) is 11.2 Å². The molecule has 0 aliphatic carbocycles. The molecule has 1 nitrogen and oxygen atoms in total. The van der Waals surface area contributed by atoms with E-state index in [4.69, 9.17) is 4.74 Å². The quantitative estimate of drug-likeness (QED) is 0.575. The second-order valence-electron chi connectivity index (χ2n) is 5.45. The van der Waals surface area contributed by atoms with Crippen molar-refractivity contribution in [3.63, 3.8) is 0 Å². The summed E-state index contributed by atoms with van der Waals surface area (Å²) >= 11 is 0. The van der Waals surface area contributed by atoms with Crippen LogP contribution in [0.25, 0.3) is 0 Å². The van der Waals surface area contributed by atoms with Crippen molar-refractivity contribution < 1.29 is 4.74 Å². The summed E-state index contributed by atoms with van der Waals surface area (Å²) in [5.74, 6) is 0. The molecule has 2 rings (SSSR count). The number of rotatable bonds is 5. The summed E-state index contributed by atoms with van der Waals surface area (Å²) in [6.07, 6.45) is 9.08. The van der Waals surface area contributed by atoms with Crippen LogP contribution in [0, 0.1) is 0 Å². The van der Waals surface area contributed by atoms with Crippen LogP contribution < -0.4 is 0 Å². The second kappa shape index (κ2) is 6.36. The Bertz CT molecular complexity index is 317. The standard InChI is InChI=1S/C15H24OSi/c17-15(12-6-7-13-16-15)11-5-4-10-14-8-2-1-3-9-14/h1-3,8-9H,4-7,10-13H2,17H3. The number of aryl methyl sites for hydroxylation is 1. The number of ether oxygens (including phenoxy) is 1. The highest BCUT2D eigenvalue weighted by Gasteiger charge is 2.26. The highest BCUT2D eigenvalue weighted by molar-refractivity contribution is 6.14. The van der Waals surface area contributed by atoms with E-state index in [1.165, 1.54) is 60.8 Å². The Balaban J connectivity index is 1.66. The molecule has 1 aliphatic heterocycles. The summed E-state index contributed by atoms with van der Waals surface area (Å²) in [7, 11) is 1.19. The van der Waals surface area contributed by atoms with Gasteiger partial charge in [-0.25, -0.2) is 0 Å². The van der Waals surface area contributed by atoms with E-state index in [9.17, 15) is 0 Å². The Morgan fingerprint density at radius 2 is 1.94 bits per heavy atom. The minimum absolute atomic E-state index is 0.314. The summed E-state index contributed by atoms with van der Waals surface area (Å²) < 4.78 is 5.98. The van der Waals surface area contributed by atoms with Gasteiger partial charge in [-0.15, -0.1) is 0 Å². The van der Waals surface area contributed by atoms with Gasteiger partial charge >= 0.3 is 0 Å². The highest BCUT2D eigenvalue weighted by atomic mass is 28.1. The van der Waals surface area contributed by atoms with Crippen LogP contribution in [0.4, 0.5) is 0 Å². The van der Waals surface area contributed by atoms with Gasteiger partial charge in [0.05, 0.1) is 0 Å². The Kier molecular flexibility index (Phi) is 4.81. The molecule has 1 heterocycles. The van der Waals surface area contributed by atoms with Gasteiger partial charge in [0.1, 0.15) is 0 Å². The number of hydrogen-bond donors (Lipinski definition) is 0. The first kappa shape index (κ1) is 12.8. The molecule has 0 aromatic heterocycles. The summed E-state index contributed by atoms with van der Waals surface area (Å²) in [6, 6.07) is 10.8. The van der Waals surface area contributed by atoms with E-state index in [1.807, 2.05) is 0 Å². The van der Waals surface area contributed by atoms with Crippen LogP contribution in [0.1, 0.15) is 44.1 Å². The maximum atomic E-state index is 5.98.